The quantitative estimate of drug-likeness (QED) is 0.759. The van der Waals surface area contributed by atoms with Crippen LogP contribution in [-0.2, 0) is 9.59 Å². The van der Waals surface area contributed by atoms with Crippen LogP contribution in [0.5, 0.6) is 0 Å². The van der Waals surface area contributed by atoms with Gasteiger partial charge >= 0.3 is 11.8 Å². The van der Waals surface area contributed by atoms with Crippen LogP contribution in [0.1, 0.15) is 6.42 Å². The normalized spacial score (nSPS) is 18.5. The maximum absolute atomic E-state index is 11.8. The SMILES string of the molecule is O=C(Nc1ccc(Cl)c(Br)c1)C(=O)N1CC[C@@H](O)C1. The Hall–Kier alpha value is -1.11. The summed E-state index contributed by atoms with van der Waals surface area (Å²) in [6.07, 6.45) is -0.0349. The van der Waals surface area contributed by atoms with Crippen molar-refractivity contribution in [1.82, 2.24) is 4.90 Å². The van der Waals surface area contributed by atoms with E-state index in [4.69, 9.17) is 11.6 Å². The minimum Gasteiger partial charge on any atom is -0.391 e. The van der Waals surface area contributed by atoms with Gasteiger partial charge in [-0.15, -0.1) is 0 Å². The Kier molecular flexibility index (Phi) is 4.44. The number of aliphatic hydroxyl groups excluding tert-OH is 1. The van der Waals surface area contributed by atoms with Crippen LogP contribution < -0.4 is 5.32 Å². The molecule has 1 fully saturated rings. The number of anilines is 1. The summed E-state index contributed by atoms with van der Waals surface area (Å²) in [6.45, 7) is 0.605. The molecule has 0 bridgehead atoms. The summed E-state index contributed by atoms with van der Waals surface area (Å²) >= 11 is 9.07. The van der Waals surface area contributed by atoms with Crippen LogP contribution in [0.15, 0.2) is 22.7 Å². The minimum absolute atomic E-state index is 0.205. The van der Waals surface area contributed by atoms with Crippen LogP contribution >= 0.6 is 27.5 Å². The number of nitrogens with zero attached hydrogens (tertiary/aromatic N) is 1. The Bertz CT molecular complexity index is 524. The second kappa shape index (κ2) is 5.90. The Morgan fingerprint density at radius 2 is 2.21 bits per heavy atom. The van der Waals surface area contributed by atoms with Gasteiger partial charge in [-0.3, -0.25) is 9.59 Å². The molecule has 1 aromatic rings. The van der Waals surface area contributed by atoms with Gasteiger partial charge in [0.15, 0.2) is 0 Å². The van der Waals surface area contributed by atoms with E-state index in [9.17, 15) is 14.7 Å². The smallest absolute Gasteiger partial charge is 0.313 e. The summed E-state index contributed by atoms with van der Waals surface area (Å²) in [5, 5.41) is 12.4. The summed E-state index contributed by atoms with van der Waals surface area (Å²) in [7, 11) is 0. The fourth-order valence-corrected chi connectivity index (χ4v) is 2.32. The van der Waals surface area contributed by atoms with Crippen molar-refractivity contribution in [3.05, 3.63) is 27.7 Å². The number of amides is 2. The van der Waals surface area contributed by atoms with E-state index in [1.807, 2.05) is 0 Å². The van der Waals surface area contributed by atoms with Gasteiger partial charge in [0.1, 0.15) is 0 Å². The summed E-state index contributed by atoms with van der Waals surface area (Å²) in [5.41, 5.74) is 0.481. The van der Waals surface area contributed by atoms with Gasteiger partial charge < -0.3 is 15.3 Å². The highest BCUT2D eigenvalue weighted by molar-refractivity contribution is 9.10. The molecule has 0 aromatic heterocycles. The summed E-state index contributed by atoms with van der Waals surface area (Å²) < 4.78 is 0.635. The molecule has 5 nitrogen and oxygen atoms in total. The topological polar surface area (TPSA) is 69.6 Å². The average molecular weight is 348 g/mol. The molecular weight excluding hydrogens is 336 g/mol. The first-order valence-electron chi connectivity index (χ1n) is 5.71. The number of hydrogen-bond acceptors (Lipinski definition) is 3. The number of carbonyl (C=O) groups is 2. The van der Waals surface area contributed by atoms with E-state index in [0.717, 1.165) is 0 Å². The van der Waals surface area contributed by atoms with E-state index < -0.39 is 17.9 Å². The van der Waals surface area contributed by atoms with Crippen molar-refractivity contribution < 1.29 is 14.7 Å². The van der Waals surface area contributed by atoms with Gasteiger partial charge in [0.05, 0.1) is 11.1 Å². The van der Waals surface area contributed by atoms with Gasteiger partial charge in [0, 0.05) is 23.2 Å². The van der Waals surface area contributed by atoms with Crippen LogP contribution in [-0.4, -0.2) is 41.0 Å². The predicted octanol–water partition coefficient (Wildman–Crippen LogP) is 1.63. The number of aliphatic hydroxyl groups is 1. The van der Waals surface area contributed by atoms with Crippen molar-refractivity contribution in [2.75, 3.05) is 18.4 Å². The number of β-amino-alcohol motifs (C(OH)–C–C–N with tert-alkyl or cyclic N) is 1. The van der Waals surface area contributed by atoms with Gasteiger partial charge in [-0.25, -0.2) is 0 Å². The molecule has 2 rings (SSSR count). The standard InChI is InChI=1S/C12H12BrClN2O3/c13-9-5-7(1-2-10(9)14)15-11(18)12(19)16-4-3-8(17)6-16/h1-2,5,8,17H,3-4,6H2,(H,15,18)/t8-/m1/s1. The maximum atomic E-state index is 11.8. The minimum atomic E-state index is -0.719. The first kappa shape index (κ1) is 14.3. The summed E-state index contributed by atoms with van der Waals surface area (Å²) in [5.74, 6) is -1.36. The van der Waals surface area contributed by atoms with Crippen molar-refractivity contribution in [2.45, 2.75) is 12.5 Å². The molecule has 19 heavy (non-hydrogen) atoms. The molecule has 1 atom stereocenters. The monoisotopic (exact) mass is 346 g/mol. The van der Waals surface area contributed by atoms with E-state index in [2.05, 4.69) is 21.2 Å². The third-order valence-electron chi connectivity index (χ3n) is 2.82. The Labute approximate surface area is 123 Å². The highest BCUT2D eigenvalue weighted by atomic mass is 79.9. The fraction of sp³-hybridized carbons (Fsp3) is 0.333. The van der Waals surface area contributed by atoms with E-state index in [1.165, 1.54) is 4.90 Å². The number of carbonyl (C=O) groups excluding carboxylic acids is 2. The third kappa shape index (κ3) is 3.46. The Balaban J connectivity index is 2.00. The molecule has 0 saturated carbocycles. The molecule has 2 N–H and O–H groups in total. The number of nitrogens with one attached hydrogen (secondary N) is 1. The molecule has 1 saturated heterocycles. The lowest BCUT2D eigenvalue weighted by Gasteiger charge is -2.15. The van der Waals surface area contributed by atoms with Crippen LogP contribution in [0.4, 0.5) is 5.69 Å². The zero-order chi connectivity index (χ0) is 14.0. The molecule has 0 radical (unpaired) electrons. The zero-order valence-corrected chi connectivity index (χ0v) is 12.2. The third-order valence-corrected chi connectivity index (χ3v) is 4.04. The maximum Gasteiger partial charge on any atom is 0.313 e. The van der Waals surface area contributed by atoms with E-state index in [1.54, 1.807) is 18.2 Å². The van der Waals surface area contributed by atoms with Crippen molar-refractivity contribution in [2.24, 2.45) is 0 Å². The van der Waals surface area contributed by atoms with Crippen molar-refractivity contribution in [3.63, 3.8) is 0 Å². The lowest BCUT2D eigenvalue weighted by Crippen LogP contribution is -2.38. The van der Waals surface area contributed by atoms with Gasteiger partial charge in [0.25, 0.3) is 0 Å². The molecule has 1 heterocycles. The van der Waals surface area contributed by atoms with Gasteiger partial charge in [-0.05, 0) is 40.5 Å². The summed E-state index contributed by atoms with van der Waals surface area (Å²) in [4.78, 5) is 24.9. The number of rotatable bonds is 1. The van der Waals surface area contributed by atoms with E-state index in [-0.39, 0.29) is 6.54 Å². The lowest BCUT2D eigenvalue weighted by molar-refractivity contribution is -0.142. The van der Waals surface area contributed by atoms with Crippen LogP contribution in [0.3, 0.4) is 0 Å². The number of benzene rings is 1. The molecular formula is C12H12BrClN2O3. The lowest BCUT2D eigenvalue weighted by atomic mass is 10.3. The molecule has 7 heteroatoms. The highest BCUT2D eigenvalue weighted by Gasteiger charge is 2.28. The molecule has 1 aliphatic heterocycles. The molecule has 1 aromatic carbocycles. The van der Waals surface area contributed by atoms with Crippen LogP contribution in [0.2, 0.25) is 5.02 Å². The Morgan fingerprint density at radius 1 is 1.47 bits per heavy atom. The van der Waals surface area contributed by atoms with Gasteiger partial charge in [0.2, 0.25) is 0 Å². The highest BCUT2D eigenvalue weighted by Crippen LogP contribution is 2.25. The second-order valence-corrected chi connectivity index (χ2v) is 5.54. The van der Waals surface area contributed by atoms with Crippen molar-refractivity contribution in [1.29, 1.82) is 0 Å². The van der Waals surface area contributed by atoms with Crippen molar-refractivity contribution >= 4 is 45.0 Å². The molecule has 0 aliphatic carbocycles. The molecule has 2 amide bonds. The fourth-order valence-electron chi connectivity index (χ4n) is 1.83. The molecule has 0 spiro atoms. The van der Waals surface area contributed by atoms with Crippen molar-refractivity contribution in [3.8, 4) is 0 Å². The number of hydrogen-bond donors (Lipinski definition) is 2. The second-order valence-electron chi connectivity index (χ2n) is 4.28. The predicted molar refractivity (Wildman–Crippen MR) is 75.0 cm³/mol. The van der Waals surface area contributed by atoms with Gasteiger partial charge in [-0.2, -0.15) is 0 Å². The van der Waals surface area contributed by atoms with E-state index in [0.29, 0.717) is 28.1 Å². The first-order valence-corrected chi connectivity index (χ1v) is 6.88. The average Bonchev–Trinajstić information content (AvgIpc) is 2.79. The molecule has 0 unspecified atom stereocenters. The number of likely N-dealkylation sites (tertiary alicyclic amines) is 1. The largest absolute Gasteiger partial charge is 0.391 e. The Morgan fingerprint density at radius 3 is 2.79 bits per heavy atom. The summed E-state index contributed by atoms with van der Waals surface area (Å²) in [6, 6.07) is 4.84. The van der Waals surface area contributed by atoms with Crippen LogP contribution in [0.25, 0.3) is 0 Å². The zero-order valence-electron chi connectivity index (χ0n) is 9.90. The number of halogens is 2. The first-order chi connectivity index (χ1) is 8.97. The van der Waals surface area contributed by atoms with Crippen LogP contribution in [0, 0.1) is 0 Å². The molecule has 1 aliphatic rings. The molecule has 102 valence electrons. The van der Waals surface area contributed by atoms with E-state index >= 15 is 0 Å². The van der Waals surface area contributed by atoms with Gasteiger partial charge in [-0.1, -0.05) is 11.6 Å².